The predicted molar refractivity (Wildman–Crippen MR) is 118 cm³/mol. The van der Waals surface area contributed by atoms with Crippen molar-refractivity contribution in [3.8, 4) is 0 Å². The van der Waals surface area contributed by atoms with E-state index < -0.39 is 0 Å². The van der Waals surface area contributed by atoms with E-state index in [-0.39, 0.29) is 18.0 Å². The third kappa shape index (κ3) is 4.93. The molecular weight excluding hydrogens is 368 g/mol. The number of likely N-dealkylation sites (N-methyl/N-ethyl adjacent to an activating group) is 1. The van der Waals surface area contributed by atoms with Gasteiger partial charge in [-0.05, 0) is 49.2 Å². The van der Waals surface area contributed by atoms with Crippen LogP contribution >= 0.6 is 11.3 Å². The number of anilines is 1. The van der Waals surface area contributed by atoms with Crippen molar-refractivity contribution in [3.05, 3.63) is 52.2 Å². The van der Waals surface area contributed by atoms with Crippen LogP contribution in [0.2, 0.25) is 0 Å². The van der Waals surface area contributed by atoms with E-state index in [1.807, 2.05) is 43.3 Å². The standard InChI is InChI=1S/C22H32N4OS/c1-5-25-12-14-26(15-13-25)21(20-7-6-16-28-20)17(2)23-22(27)18-8-10-19(11-9-18)24(3)4/h6-11,16-17,21H,5,12-15H2,1-4H3,(H,23,27)/t17-,21+/m0/s1. The quantitative estimate of drug-likeness (QED) is 0.774. The van der Waals surface area contributed by atoms with Gasteiger partial charge < -0.3 is 15.1 Å². The van der Waals surface area contributed by atoms with Crippen molar-refractivity contribution in [1.82, 2.24) is 15.1 Å². The number of hydrogen-bond acceptors (Lipinski definition) is 5. The molecule has 1 saturated heterocycles. The van der Waals surface area contributed by atoms with Crippen LogP contribution in [0.15, 0.2) is 41.8 Å². The molecule has 1 aromatic heterocycles. The molecule has 1 aliphatic heterocycles. The topological polar surface area (TPSA) is 38.8 Å². The molecule has 2 atom stereocenters. The minimum absolute atomic E-state index is 0.00782. The summed E-state index contributed by atoms with van der Waals surface area (Å²) < 4.78 is 0. The molecular formula is C22H32N4OS. The van der Waals surface area contributed by atoms with E-state index in [0.29, 0.717) is 5.56 Å². The minimum Gasteiger partial charge on any atom is -0.378 e. The van der Waals surface area contributed by atoms with Gasteiger partial charge in [0.1, 0.15) is 0 Å². The van der Waals surface area contributed by atoms with Crippen LogP contribution < -0.4 is 10.2 Å². The van der Waals surface area contributed by atoms with Gasteiger partial charge in [-0.15, -0.1) is 11.3 Å². The van der Waals surface area contributed by atoms with Crippen LogP contribution in [0.5, 0.6) is 0 Å². The van der Waals surface area contributed by atoms with Gasteiger partial charge in [-0.3, -0.25) is 9.69 Å². The highest BCUT2D eigenvalue weighted by Crippen LogP contribution is 2.29. The molecule has 0 bridgehead atoms. The fourth-order valence-electron chi connectivity index (χ4n) is 3.84. The molecule has 1 amide bonds. The van der Waals surface area contributed by atoms with Crippen molar-refractivity contribution in [2.24, 2.45) is 0 Å². The van der Waals surface area contributed by atoms with Crippen molar-refractivity contribution in [2.45, 2.75) is 25.9 Å². The molecule has 1 aliphatic rings. The Balaban J connectivity index is 1.70. The average Bonchev–Trinajstić information content (AvgIpc) is 3.23. The lowest BCUT2D eigenvalue weighted by atomic mass is 10.0. The molecule has 3 rings (SSSR count). The first-order chi connectivity index (χ1) is 13.5. The summed E-state index contributed by atoms with van der Waals surface area (Å²) in [4.78, 5) is 21.2. The van der Waals surface area contributed by atoms with E-state index in [1.54, 1.807) is 11.3 Å². The van der Waals surface area contributed by atoms with E-state index in [0.717, 1.165) is 38.4 Å². The number of benzene rings is 1. The zero-order chi connectivity index (χ0) is 20.1. The molecule has 6 heteroatoms. The van der Waals surface area contributed by atoms with Crippen LogP contribution in [-0.2, 0) is 0 Å². The average molecular weight is 401 g/mol. The zero-order valence-electron chi connectivity index (χ0n) is 17.4. The number of thiophene rings is 1. The van der Waals surface area contributed by atoms with Gasteiger partial charge in [0.05, 0.1) is 6.04 Å². The minimum atomic E-state index is -0.00782. The largest absolute Gasteiger partial charge is 0.378 e. The van der Waals surface area contributed by atoms with Gasteiger partial charge in [0.2, 0.25) is 0 Å². The Morgan fingerprint density at radius 1 is 1.14 bits per heavy atom. The summed E-state index contributed by atoms with van der Waals surface area (Å²) in [6.45, 7) is 9.70. The molecule has 2 aromatic rings. The molecule has 152 valence electrons. The number of nitrogens with zero attached hydrogens (tertiary/aromatic N) is 3. The lowest BCUT2D eigenvalue weighted by molar-refractivity contribution is 0.0753. The molecule has 2 heterocycles. The highest BCUT2D eigenvalue weighted by atomic mass is 32.1. The van der Waals surface area contributed by atoms with Crippen LogP contribution in [0, 0.1) is 0 Å². The maximum atomic E-state index is 12.8. The lowest BCUT2D eigenvalue weighted by Gasteiger charge is -2.41. The normalized spacial score (nSPS) is 17.9. The van der Waals surface area contributed by atoms with E-state index in [4.69, 9.17) is 0 Å². The van der Waals surface area contributed by atoms with Crippen molar-refractivity contribution >= 4 is 22.9 Å². The third-order valence-corrected chi connectivity index (χ3v) is 6.50. The number of carbonyl (C=O) groups excluding carboxylic acids is 1. The summed E-state index contributed by atoms with van der Waals surface area (Å²) in [5.74, 6) is -0.00782. The Morgan fingerprint density at radius 3 is 2.36 bits per heavy atom. The van der Waals surface area contributed by atoms with E-state index in [1.165, 1.54) is 4.88 Å². The van der Waals surface area contributed by atoms with Crippen molar-refractivity contribution in [3.63, 3.8) is 0 Å². The van der Waals surface area contributed by atoms with Gasteiger partial charge in [0, 0.05) is 62.4 Å². The first-order valence-electron chi connectivity index (χ1n) is 10.1. The third-order valence-electron chi connectivity index (χ3n) is 5.56. The Labute approximate surface area is 172 Å². The predicted octanol–water partition coefficient (Wildman–Crippen LogP) is 3.31. The lowest BCUT2D eigenvalue weighted by Crippen LogP contribution is -2.52. The second-order valence-electron chi connectivity index (χ2n) is 7.63. The van der Waals surface area contributed by atoms with Gasteiger partial charge >= 0.3 is 0 Å². The first-order valence-corrected chi connectivity index (χ1v) is 11.0. The summed E-state index contributed by atoms with van der Waals surface area (Å²) in [6.07, 6.45) is 0. The van der Waals surface area contributed by atoms with Gasteiger partial charge in [0.15, 0.2) is 0 Å². The molecule has 0 saturated carbocycles. The first kappa shape index (κ1) is 20.8. The van der Waals surface area contributed by atoms with Crippen LogP contribution in [0.4, 0.5) is 5.69 Å². The smallest absolute Gasteiger partial charge is 0.251 e. The Bertz CT molecular complexity index is 736. The number of rotatable bonds is 7. The van der Waals surface area contributed by atoms with Gasteiger partial charge in [-0.2, -0.15) is 0 Å². The molecule has 1 N–H and O–H groups in total. The van der Waals surface area contributed by atoms with Crippen LogP contribution in [-0.4, -0.2) is 68.6 Å². The molecule has 0 radical (unpaired) electrons. The van der Waals surface area contributed by atoms with Gasteiger partial charge in [0.25, 0.3) is 5.91 Å². The van der Waals surface area contributed by atoms with Gasteiger partial charge in [-0.25, -0.2) is 0 Å². The Kier molecular flexibility index (Phi) is 7.10. The fourth-order valence-corrected chi connectivity index (χ4v) is 4.80. The molecule has 0 spiro atoms. The monoisotopic (exact) mass is 400 g/mol. The summed E-state index contributed by atoms with van der Waals surface area (Å²) in [5.41, 5.74) is 1.80. The molecule has 5 nitrogen and oxygen atoms in total. The number of carbonyl (C=O) groups is 1. The SMILES string of the molecule is CCN1CCN([C@@H](c2cccs2)[C@H](C)NC(=O)c2ccc(N(C)C)cc2)CC1. The van der Waals surface area contributed by atoms with Crippen LogP contribution in [0.25, 0.3) is 0 Å². The highest BCUT2D eigenvalue weighted by molar-refractivity contribution is 7.10. The summed E-state index contributed by atoms with van der Waals surface area (Å²) >= 11 is 1.78. The van der Waals surface area contributed by atoms with E-state index >= 15 is 0 Å². The molecule has 1 fully saturated rings. The summed E-state index contributed by atoms with van der Waals surface area (Å²) in [7, 11) is 4.00. The van der Waals surface area contributed by atoms with Crippen molar-refractivity contribution < 1.29 is 4.79 Å². The maximum absolute atomic E-state index is 12.8. The van der Waals surface area contributed by atoms with Crippen LogP contribution in [0.1, 0.15) is 35.1 Å². The highest BCUT2D eigenvalue weighted by Gasteiger charge is 2.30. The number of amides is 1. The van der Waals surface area contributed by atoms with E-state index in [2.05, 4.69) is 46.5 Å². The summed E-state index contributed by atoms with van der Waals surface area (Å²) in [6, 6.07) is 12.3. The van der Waals surface area contributed by atoms with Crippen LogP contribution in [0.3, 0.4) is 0 Å². The van der Waals surface area contributed by atoms with Crippen molar-refractivity contribution in [1.29, 1.82) is 0 Å². The maximum Gasteiger partial charge on any atom is 0.251 e. The zero-order valence-corrected chi connectivity index (χ0v) is 18.2. The molecule has 28 heavy (non-hydrogen) atoms. The van der Waals surface area contributed by atoms with E-state index in [9.17, 15) is 4.79 Å². The molecule has 1 aromatic carbocycles. The Hall–Kier alpha value is -1.89. The number of nitrogens with one attached hydrogen (secondary N) is 1. The number of piperazine rings is 1. The molecule has 0 unspecified atom stereocenters. The number of hydrogen-bond donors (Lipinski definition) is 1. The second-order valence-corrected chi connectivity index (χ2v) is 8.61. The second kappa shape index (κ2) is 9.54. The van der Waals surface area contributed by atoms with Gasteiger partial charge in [-0.1, -0.05) is 13.0 Å². The Morgan fingerprint density at radius 2 is 1.82 bits per heavy atom. The fraction of sp³-hybridized carbons (Fsp3) is 0.500. The van der Waals surface area contributed by atoms with Crippen molar-refractivity contribution in [2.75, 3.05) is 51.7 Å². The molecule has 0 aliphatic carbocycles. The summed E-state index contributed by atoms with van der Waals surface area (Å²) in [5, 5.41) is 5.38.